The van der Waals surface area contributed by atoms with E-state index in [1.807, 2.05) is 19.1 Å². The fraction of sp³-hybridized carbons (Fsp3) is 0.167. The molecule has 1 aromatic heterocycles. The number of anilines is 2. The molecule has 33 heavy (non-hydrogen) atoms. The zero-order valence-corrected chi connectivity index (χ0v) is 19.2. The van der Waals surface area contributed by atoms with Crippen molar-refractivity contribution in [2.24, 2.45) is 4.99 Å². The van der Waals surface area contributed by atoms with Gasteiger partial charge >= 0.3 is 0 Å². The summed E-state index contributed by atoms with van der Waals surface area (Å²) in [6.07, 6.45) is 3.37. The van der Waals surface area contributed by atoms with Crippen molar-refractivity contribution in [3.8, 4) is 5.75 Å². The molecule has 2 aromatic carbocycles. The molecule has 3 N–H and O–H groups in total. The number of carbonyl (C=O) groups excluding carboxylic acids is 2. The van der Waals surface area contributed by atoms with Crippen LogP contribution in [0.25, 0.3) is 0 Å². The molecule has 0 saturated carbocycles. The number of nitrogens with one attached hydrogen (secondary N) is 3. The maximum Gasteiger partial charge on any atom is 0.258 e. The number of hydrogen-bond donors (Lipinski definition) is 3. The van der Waals surface area contributed by atoms with E-state index in [1.54, 1.807) is 48.8 Å². The number of aryl methyl sites for hydroxylation is 1. The Hall–Kier alpha value is -3.91. The molecule has 0 spiro atoms. The molecule has 3 aromatic rings. The minimum absolute atomic E-state index is 0.200. The Bertz CT molecular complexity index is 1180. The summed E-state index contributed by atoms with van der Waals surface area (Å²) in [6.45, 7) is 3.54. The zero-order valence-electron chi connectivity index (χ0n) is 18.5. The number of nitrogens with zero attached hydrogens (tertiary/aromatic N) is 2. The van der Waals surface area contributed by atoms with E-state index in [4.69, 9.17) is 16.3 Å². The third-order valence-corrected chi connectivity index (χ3v) is 4.83. The van der Waals surface area contributed by atoms with Crippen molar-refractivity contribution >= 4 is 40.7 Å². The minimum atomic E-state index is -0.403. The van der Waals surface area contributed by atoms with Crippen LogP contribution in [0.2, 0.25) is 5.02 Å². The molecule has 0 atom stereocenters. The predicted molar refractivity (Wildman–Crippen MR) is 130 cm³/mol. The van der Waals surface area contributed by atoms with Crippen LogP contribution >= 0.6 is 11.6 Å². The van der Waals surface area contributed by atoms with Crippen molar-refractivity contribution < 1.29 is 14.3 Å². The van der Waals surface area contributed by atoms with Gasteiger partial charge in [0, 0.05) is 35.6 Å². The first-order valence-corrected chi connectivity index (χ1v) is 10.5. The van der Waals surface area contributed by atoms with Crippen LogP contribution in [0.3, 0.4) is 0 Å². The first kappa shape index (κ1) is 23.7. The highest BCUT2D eigenvalue weighted by Crippen LogP contribution is 2.27. The molecule has 2 amide bonds. The number of rotatable bonds is 6. The summed E-state index contributed by atoms with van der Waals surface area (Å²) in [7, 11) is 1.54. The lowest BCUT2D eigenvalue weighted by atomic mass is 10.1. The Morgan fingerprint density at radius 1 is 1.09 bits per heavy atom. The molecular formula is C24H24ClN5O3. The SMILES string of the molecule is COc1ccc(Cl)cc1NC(=NCc1cccnc1)NC(=O)c1ccc(C)c(NC(C)=O)c1. The normalized spacial score (nSPS) is 11.0. The molecule has 8 nitrogen and oxygen atoms in total. The molecule has 3 rings (SSSR count). The highest BCUT2D eigenvalue weighted by molar-refractivity contribution is 6.31. The van der Waals surface area contributed by atoms with Crippen LogP contribution < -0.4 is 20.7 Å². The predicted octanol–water partition coefficient (Wildman–Crippen LogP) is 4.41. The quantitative estimate of drug-likeness (QED) is 0.369. The summed E-state index contributed by atoms with van der Waals surface area (Å²) in [5, 5.41) is 9.10. The number of amides is 2. The number of pyridine rings is 1. The molecule has 0 aliphatic heterocycles. The second-order valence-corrected chi connectivity index (χ2v) is 7.60. The molecule has 0 bridgehead atoms. The minimum Gasteiger partial charge on any atom is -0.495 e. The summed E-state index contributed by atoms with van der Waals surface area (Å²) in [5.41, 5.74) is 3.17. The molecule has 0 aliphatic rings. The topological polar surface area (TPSA) is 105 Å². The third-order valence-electron chi connectivity index (χ3n) is 4.60. The number of hydrogen-bond acceptors (Lipinski definition) is 5. The summed E-state index contributed by atoms with van der Waals surface area (Å²) >= 11 is 6.14. The summed E-state index contributed by atoms with van der Waals surface area (Å²) < 4.78 is 5.38. The van der Waals surface area contributed by atoms with Gasteiger partial charge in [0.25, 0.3) is 5.91 Å². The van der Waals surface area contributed by atoms with Crippen molar-refractivity contribution in [2.45, 2.75) is 20.4 Å². The summed E-state index contributed by atoms with van der Waals surface area (Å²) in [4.78, 5) is 33.1. The summed E-state index contributed by atoms with van der Waals surface area (Å²) in [5.74, 6) is 0.112. The van der Waals surface area contributed by atoms with Gasteiger partial charge in [0.15, 0.2) is 0 Å². The molecule has 170 valence electrons. The Labute approximate surface area is 197 Å². The lowest BCUT2D eigenvalue weighted by Gasteiger charge is -2.15. The molecular weight excluding hydrogens is 442 g/mol. The van der Waals surface area contributed by atoms with E-state index in [2.05, 4.69) is 25.9 Å². The number of methoxy groups -OCH3 is 1. The van der Waals surface area contributed by atoms with Crippen LogP contribution in [0.4, 0.5) is 11.4 Å². The number of guanidine groups is 1. The van der Waals surface area contributed by atoms with Gasteiger partial charge in [-0.1, -0.05) is 23.7 Å². The molecule has 1 heterocycles. The number of benzene rings is 2. The molecule has 0 fully saturated rings. The van der Waals surface area contributed by atoms with Gasteiger partial charge < -0.3 is 15.4 Å². The van der Waals surface area contributed by atoms with Gasteiger partial charge in [-0.25, -0.2) is 4.99 Å². The summed E-state index contributed by atoms with van der Waals surface area (Å²) in [6, 6.07) is 13.8. The molecule has 0 aliphatic carbocycles. The van der Waals surface area contributed by atoms with Crippen LogP contribution in [0.1, 0.15) is 28.4 Å². The first-order valence-electron chi connectivity index (χ1n) is 10.1. The van der Waals surface area contributed by atoms with E-state index >= 15 is 0 Å². The van der Waals surface area contributed by atoms with Gasteiger partial charge in [0.1, 0.15) is 5.75 Å². The van der Waals surface area contributed by atoms with Gasteiger partial charge in [0.05, 0.1) is 19.3 Å². The number of ether oxygens (including phenoxy) is 1. The highest BCUT2D eigenvalue weighted by Gasteiger charge is 2.14. The Morgan fingerprint density at radius 2 is 1.91 bits per heavy atom. The first-order chi connectivity index (χ1) is 15.9. The van der Waals surface area contributed by atoms with E-state index in [0.29, 0.717) is 27.7 Å². The van der Waals surface area contributed by atoms with E-state index in [0.717, 1.165) is 11.1 Å². The second-order valence-electron chi connectivity index (χ2n) is 7.16. The van der Waals surface area contributed by atoms with E-state index in [-0.39, 0.29) is 18.4 Å². The second kappa shape index (κ2) is 11.1. The molecule has 0 unspecified atom stereocenters. The van der Waals surface area contributed by atoms with Gasteiger partial charge in [-0.3, -0.25) is 19.9 Å². The smallest absolute Gasteiger partial charge is 0.258 e. The van der Waals surface area contributed by atoms with Crippen LogP contribution in [-0.4, -0.2) is 29.9 Å². The Kier molecular flexibility index (Phi) is 7.99. The van der Waals surface area contributed by atoms with Crippen molar-refractivity contribution in [3.63, 3.8) is 0 Å². The van der Waals surface area contributed by atoms with Crippen molar-refractivity contribution in [2.75, 3.05) is 17.7 Å². The Balaban J connectivity index is 1.88. The maximum atomic E-state index is 13.0. The monoisotopic (exact) mass is 465 g/mol. The van der Waals surface area contributed by atoms with Gasteiger partial charge in [-0.2, -0.15) is 0 Å². The Morgan fingerprint density at radius 3 is 2.61 bits per heavy atom. The van der Waals surface area contributed by atoms with Crippen molar-refractivity contribution in [1.29, 1.82) is 0 Å². The average molecular weight is 466 g/mol. The number of halogens is 1. The van der Waals surface area contributed by atoms with Crippen LogP contribution in [0, 0.1) is 6.92 Å². The van der Waals surface area contributed by atoms with E-state index in [9.17, 15) is 9.59 Å². The maximum absolute atomic E-state index is 13.0. The molecule has 9 heteroatoms. The number of aliphatic imine (C=N–C) groups is 1. The molecule has 0 radical (unpaired) electrons. The van der Waals surface area contributed by atoms with Crippen LogP contribution in [0.5, 0.6) is 5.75 Å². The van der Waals surface area contributed by atoms with E-state index in [1.165, 1.54) is 14.0 Å². The molecule has 0 saturated heterocycles. The van der Waals surface area contributed by atoms with Crippen LogP contribution in [-0.2, 0) is 11.3 Å². The number of carbonyl (C=O) groups is 2. The van der Waals surface area contributed by atoms with Crippen LogP contribution in [0.15, 0.2) is 65.9 Å². The van der Waals surface area contributed by atoms with Crippen molar-refractivity contribution in [1.82, 2.24) is 10.3 Å². The fourth-order valence-electron chi connectivity index (χ4n) is 2.95. The van der Waals surface area contributed by atoms with Crippen molar-refractivity contribution in [3.05, 3.63) is 82.6 Å². The van der Waals surface area contributed by atoms with Gasteiger partial charge in [-0.05, 0) is 54.4 Å². The third kappa shape index (κ3) is 6.78. The number of aromatic nitrogens is 1. The standard InChI is InChI=1S/C24H24ClN5O3/c1-15-6-7-18(11-20(15)28-16(2)31)23(32)30-24(27-14-17-5-4-10-26-13-17)29-21-12-19(25)8-9-22(21)33-3/h4-13H,14H2,1-3H3,(H,28,31)(H2,27,29,30,32). The highest BCUT2D eigenvalue weighted by atomic mass is 35.5. The lowest BCUT2D eigenvalue weighted by molar-refractivity contribution is -0.114. The average Bonchev–Trinajstić information content (AvgIpc) is 2.79. The zero-order chi connectivity index (χ0) is 23.8. The van der Waals surface area contributed by atoms with E-state index < -0.39 is 5.91 Å². The largest absolute Gasteiger partial charge is 0.495 e. The lowest BCUT2D eigenvalue weighted by Crippen LogP contribution is -2.36. The fourth-order valence-corrected chi connectivity index (χ4v) is 3.12. The van der Waals surface area contributed by atoms with Gasteiger partial charge in [-0.15, -0.1) is 0 Å². The van der Waals surface area contributed by atoms with Gasteiger partial charge in [0.2, 0.25) is 11.9 Å².